The molecule has 78 heavy (non-hydrogen) atoms. The molecule has 1 amide bonds. The molecule has 0 saturated carbocycles. The molecule has 436 valence electrons. The summed E-state index contributed by atoms with van der Waals surface area (Å²) in [6.07, 6.45) is 4.99. The van der Waals surface area contributed by atoms with Gasteiger partial charge in [0.2, 0.25) is 5.91 Å². The molecule has 2 aromatic carbocycles. The molecule has 2 rings (SSSR count). The first-order valence-corrected chi connectivity index (χ1v) is 29.3. The number of carbonyl (C=O) groups is 7. The highest BCUT2D eigenvalue weighted by Gasteiger charge is 2.71. The maximum absolute atomic E-state index is 14.4. The van der Waals surface area contributed by atoms with Crippen LogP contribution in [0.1, 0.15) is 217 Å². The maximum atomic E-state index is 14.4. The molecule has 0 radical (unpaired) electrons. The summed E-state index contributed by atoms with van der Waals surface area (Å²) in [4.78, 5) is 91.9. The van der Waals surface area contributed by atoms with Crippen molar-refractivity contribution in [2.75, 3.05) is 5.32 Å². The number of hydrogen-bond acceptors (Lipinski definition) is 18. The standard InChI is InChI=1S/C57H86NO18P2/c1-17-21-23-27-45(60)69-39-32-29-37(30-33-39)40(19-3)41(20-4)38-31-34-43(70-46(61)28-24-22-18-2)42(36-38)58-44(59)26-25-35-57(66,77(67)75-51(71-47(62)53(5,6)7)72-48(63)54(8,9)10)78(68)76-52(73-49(64)55(11,12)13)74-50(65)56(14,15)16/h29-34,36,40-41,51-52,66H,17-28,35H2,1-16H3/q+1/p+1. The van der Waals surface area contributed by atoms with Crippen molar-refractivity contribution in [1.29, 1.82) is 0 Å². The zero-order chi connectivity index (χ0) is 59.4. The Morgan fingerprint density at radius 1 is 0.513 bits per heavy atom. The number of amides is 1. The zero-order valence-corrected chi connectivity index (χ0v) is 50.6. The minimum Gasteiger partial charge on any atom is -0.427 e. The minimum absolute atomic E-state index is 0.0384. The van der Waals surface area contributed by atoms with E-state index < -0.39 is 111 Å². The summed E-state index contributed by atoms with van der Waals surface area (Å²) in [5, 5.41) is 11.9. The van der Waals surface area contributed by atoms with E-state index in [0.29, 0.717) is 31.4 Å². The number of esters is 6. The lowest BCUT2D eigenvalue weighted by Gasteiger charge is -2.27. The molecule has 0 spiro atoms. The van der Waals surface area contributed by atoms with Crippen LogP contribution in [0.15, 0.2) is 42.5 Å². The van der Waals surface area contributed by atoms with Crippen molar-refractivity contribution >= 4 is 63.5 Å². The van der Waals surface area contributed by atoms with E-state index >= 15 is 0 Å². The highest BCUT2D eigenvalue weighted by atomic mass is 31.2. The van der Waals surface area contributed by atoms with E-state index in [9.17, 15) is 47.8 Å². The highest BCUT2D eigenvalue weighted by molar-refractivity contribution is 7.60. The predicted molar refractivity (Wildman–Crippen MR) is 293 cm³/mol. The van der Waals surface area contributed by atoms with E-state index in [4.69, 9.17) is 37.5 Å². The van der Waals surface area contributed by atoms with Crippen molar-refractivity contribution < 1.29 is 85.3 Å². The molecule has 0 saturated heterocycles. The Hall–Kier alpha value is -5.19. The zero-order valence-electron chi connectivity index (χ0n) is 48.8. The number of aliphatic hydroxyl groups is 1. The molecule has 2 N–H and O–H groups in total. The van der Waals surface area contributed by atoms with Crippen molar-refractivity contribution in [1.82, 2.24) is 0 Å². The molecule has 2 aromatic rings. The van der Waals surface area contributed by atoms with Gasteiger partial charge < -0.3 is 38.8 Å². The molecule has 19 nitrogen and oxygen atoms in total. The van der Waals surface area contributed by atoms with Gasteiger partial charge in [-0.2, -0.15) is 0 Å². The summed E-state index contributed by atoms with van der Waals surface area (Å²) >= 11 is 0. The van der Waals surface area contributed by atoms with Crippen LogP contribution in [0.3, 0.4) is 0 Å². The van der Waals surface area contributed by atoms with Gasteiger partial charge in [-0.1, -0.05) is 80.6 Å². The molecular weight excluding hydrogens is 1050 g/mol. The average Bonchev–Trinajstić information content (AvgIpc) is 3.32. The summed E-state index contributed by atoms with van der Waals surface area (Å²) < 4.78 is 72.2. The van der Waals surface area contributed by atoms with Gasteiger partial charge in [0.1, 0.15) is 5.75 Å². The molecule has 4 atom stereocenters. The van der Waals surface area contributed by atoms with Gasteiger partial charge in [-0.3, -0.25) is 33.6 Å². The van der Waals surface area contributed by atoms with Gasteiger partial charge in [-0.25, -0.2) is 0 Å². The molecule has 0 fully saturated rings. The second-order valence-corrected chi connectivity index (χ2v) is 26.6. The number of benzene rings is 2. The number of rotatable bonds is 30. The van der Waals surface area contributed by atoms with Crippen molar-refractivity contribution in [3.63, 3.8) is 0 Å². The SMILES string of the molecule is CCCCCC(=O)Oc1ccc(C(CC)C(CC)c2ccc(OC(=O)CCCCC)c(NC(=O)CCCC(O)([P+](=O)OC(OC(=O)C(C)(C)C)OC(=O)C(C)(C)C)[P+](=O)OC(OC(=O)C(C)(C)C)OC(=O)C(C)(C)C)c2)cc1. The van der Waals surface area contributed by atoms with E-state index in [2.05, 4.69) is 19.2 Å². The highest BCUT2D eigenvalue weighted by Crippen LogP contribution is 2.59. The van der Waals surface area contributed by atoms with Crippen molar-refractivity contribution in [3.8, 4) is 11.5 Å². The van der Waals surface area contributed by atoms with Gasteiger partial charge >= 0.3 is 69.9 Å². The van der Waals surface area contributed by atoms with Gasteiger partial charge in [0.25, 0.3) is 0 Å². The molecule has 0 aliphatic rings. The van der Waals surface area contributed by atoms with Crippen LogP contribution in [0.4, 0.5) is 5.69 Å². The lowest BCUT2D eigenvalue weighted by Crippen LogP contribution is -2.37. The molecule has 0 bridgehead atoms. The van der Waals surface area contributed by atoms with Crippen LogP contribution in [-0.2, 0) is 70.7 Å². The van der Waals surface area contributed by atoms with Crippen LogP contribution in [0.25, 0.3) is 0 Å². The number of ether oxygens (including phenoxy) is 6. The second kappa shape index (κ2) is 31.0. The monoisotopic (exact) mass is 1140 g/mol. The molecule has 0 aliphatic carbocycles. The third-order valence-electron chi connectivity index (χ3n) is 11.9. The molecule has 0 aromatic heterocycles. The van der Waals surface area contributed by atoms with E-state index in [-0.39, 0.29) is 35.7 Å². The third kappa shape index (κ3) is 22.9. The topological polar surface area (TPSA) is 260 Å². The maximum Gasteiger partial charge on any atom is 0.610 e. The Morgan fingerprint density at radius 3 is 1.28 bits per heavy atom. The molecule has 4 unspecified atom stereocenters. The van der Waals surface area contributed by atoms with Gasteiger partial charge in [0.05, 0.1) is 33.8 Å². The fourth-order valence-electron chi connectivity index (χ4n) is 7.11. The van der Waals surface area contributed by atoms with Crippen LogP contribution in [-0.4, -0.2) is 64.9 Å². The van der Waals surface area contributed by atoms with E-state index in [1.165, 1.54) is 83.1 Å². The number of nitrogens with one attached hydrogen (secondary N) is 1. The summed E-state index contributed by atoms with van der Waals surface area (Å²) in [5.74, 6) is -5.12. The first-order valence-electron chi connectivity index (χ1n) is 26.9. The first-order chi connectivity index (χ1) is 36.1. The molecule has 0 aliphatic heterocycles. The van der Waals surface area contributed by atoms with Gasteiger partial charge in [0.15, 0.2) is 5.75 Å². The Bertz CT molecular complexity index is 2250. The Kier molecular flexibility index (Phi) is 27.4. The summed E-state index contributed by atoms with van der Waals surface area (Å²) in [6.45, 7) is 21.1. The quantitative estimate of drug-likeness (QED) is 0.0242. The average molecular weight is 1140 g/mol. The Morgan fingerprint density at radius 2 is 0.897 bits per heavy atom. The minimum atomic E-state index is -3.86. The summed E-state index contributed by atoms with van der Waals surface area (Å²) in [7, 11) is -7.71. The normalized spacial score (nSPS) is 14.1. The largest absolute Gasteiger partial charge is 0.610 e. The van der Waals surface area contributed by atoms with Crippen LogP contribution in [0.2, 0.25) is 0 Å². The number of carbonyl (C=O) groups excluding carboxylic acids is 7. The predicted octanol–water partition coefficient (Wildman–Crippen LogP) is 13.5. The van der Waals surface area contributed by atoms with Crippen molar-refractivity contribution in [2.24, 2.45) is 21.7 Å². The van der Waals surface area contributed by atoms with E-state index in [1.807, 2.05) is 32.0 Å². The van der Waals surface area contributed by atoms with Gasteiger partial charge in [-0.15, -0.1) is 0 Å². The fourth-order valence-corrected chi connectivity index (χ4v) is 9.43. The smallest absolute Gasteiger partial charge is 0.427 e. The van der Waals surface area contributed by atoms with Gasteiger partial charge in [0, 0.05) is 19.3 Å². The third-order valence-corrected chi connectivity index (χ3v) is 15.3. The van der Waals surface area contributed by atoms with Crippen molar-refractivity contribution in [2.45, 2.75) is 224 Å². The number of hydrogen-bond donors (Lipinski definition) is 2. The van der Waals surface area contributed by atoms with Crippen LogP contribution >= 0.6 is 16.1 Å². The molecule has 0 heterocycles. The van der Waals surface area contributed by atoms with Crippen LogP contribution < -0.4 is 14.8 Å². The Balaban J connectivity index is 2.64. The second-order valence-electron chi connectivity index (χ2n) is 23.3. The first kappa shape index (κ1) is 68.9. The lowest BCUT2D eigenvalue weighted by molar-refractivity contribution is -0.244. The van der Waals surface area contributed by atoms with Crippen LogP contribution in [0.5, 0.6) is 11.5 Å². The fraction of sp³-hybridized carbons (Fsp3) is 0.667. The van der Waals surface area contributed by atoms with Gasteiger partial charge in [-0.05, 0) is 172 Å². The van der Waals surface area contributed by atoms with E-state index in [1.54, 1.807) is 24.3 Å². The van der Waals surface area contributed by atoms with E-state index in [0.717, 1.165) is 43.2 Å². The molecular formula is C57H87NO18P2+2. The summed E-state index contributed by atoms with van der Waals surface area (Å²) in [5.41, 5.74) is -2.95. The number of unbranched alkanes of at least 4 members (excludes halogenated alkanes) is 4. The van der Waals surface area contributed by atoms with Crippen LogP contribution in [0, 0.1) is 21.7 Å². The summed E-state index contributed by atoms with van der Waals surface area (Å²) in [6, 6.07) is 12.5. The molecule has 21 heteroatoms. The van der Waals surface area contributed by atoms with Crippen molar-refractivity contribution in [3.05, 3.63) is 53.6 Å². The number of anilines is 1. The Labute approximate surface area is 463 Å². The lowest BCUT2D eigenvalue weighted by atomic mass is 9.78.